The first-order chi connectivity index (χ1) is 9.68. The topological polar surface area (TPSA) is 52.3 Å². The van der Waals surface area contributed by atoms with Crippen LogP contribution in [-0.4, -0.2) is 12.6 Å². The maximum absolute atomic E-state index is 10.9. The highest BCUT2D eigenvalue weighted by Gasteiger charge is 2.16. The van der Waals surface area contributed by atoms with Gasteiger partial charge < -0.3 is 10.5 Å². The molecule has 0 saturated heterocycles. The Morgan fingerprint density at radius 3 is 2.40 bits per heavy atom. The Hall–Kier alpha value is -2.29. The summed E-state index contributed by atoms with van der Waals surface area (Å²) in [6.45, 7) is 1.82. The first-order valence-electron chi connectivity index (χ1n) is 6.71. The monoisotopic (exact) mass is 269 g/mol. The molecule has 0 radical (unpaired) electrons. The molecule has 0 bridgehead atoms. The van der Waals surface area contributed by atoms with Gasteiger partial charge in [0.1, 0.15) is 0 Å². The van der Waals surface area contributed by atoms with Crippen molar-refractivity contribution in [1.82, 2.24) is 0 Å². The van der Waals surface area contributed by atoms with Gasteiger partial charge in [-0.3, -0.25) is 4.79 Å². The summed E-state index contributed by atoms with van der Waals surface area (Å²) in [4.78, 5) is 10.9. The van der Waals surface area contributed by atoms with Crippen molar-refractivity contribution in [3.05, 3.63) is 65.7 Å². The molecule has 104 valence electrons. The summed E-state index contributed by atoms with van der Waals surface area (Å²) in [5, 5.41) is 0. The van der Waals surface area contributed by atoms with Crippen molar-refractivity contribution in [2.45, 2.75) is 19.3 Å². The molecule has 0 spiro atoms. The van der Waals surface area contributed by atoms with Crippen LogP contribution in [0.25, 0.3) is 0 Å². The molecule has 1 unspecified atom stereocenters. The third kappa shape index (κ3) is 3.60. The normalized spacial score (nSPS) is 11.8. The minimum Gasteiger partial charge on any atom is -0.466 e. The number of anilines is 1. The van der Waals surface area contributed by atoms with E-state index >= 15 is 0 Å². The predicted octanol–water partition coefficient (Wildman–Crippen LogP) is 3.35. The fourth-order valence-corrected chi connectivity index (χ4v) is 2.34. The average molecular weight is 269 g/mol. The summed E-state index contributed by atoms with van der Waals surface area (Å²) in [7, 11) is 0. The summed E-state index contributed by atoms with van der Waals surface area (Å²) in [5.74, 6) is -0.116. The zero-order valence-corrected chi connectivity index (χ0v) is 11.6. The van der Waals surface area contributed by atoms with Crippen LogP contribution in [0.1, 0.15) is 30.4 Å². The maximum atomic E-state index is 10.9. The van der Waals surface area contributed by atoms with Crippen molar-refractivity contribution in [3.63, 3.8) is 0 Å². The summed E-state index contributed by atoms with van der Waals surface area (Å²) in [6, 6.07) is 18.0. The van der Waals surface area contributed by atoms with Crippen molar-refractivity contribution in [2.24, 2.45) is 0 Å². The van der Waals surface area contributed by atoms with E-state index in [2.05, 4.69) is 12.1 Å². The Kier molecular flexibility index (Phi) is 4.77. The van der Waals surface area contributed by atoms with Gasteiger partial charge in [-0.2, -0.15) is 0 Å². The van der Waals surface area contributed by atoms with E-state index in [1.54, 1.807) is 0 Å². The number of nitrogens with two attached hydrogens (primary N) is 1. The number of hydrogen-bond acceptors (Lipinski definition) is 3. The zero-order chi connectivity index (χ0) is 14.4. The van der Waals surface area contributed by atoms with E-state index in [-0.39, 0.29) is 11.9 Å². The summed E-state index contributed by atoms with van der Waals surface area (Å²) in [5.41, 5.74) is 9.10. The van der Waals surface area contributed by atoms with Crippen molar-refractivity contribution in [3.8, 4) is 0 Å². The molecule has 0 heterocycles. The van der Waals surface area contributed by atoms with Gasteiger partial charge in [-0.15, -0.1) is 0 Å². The molecule has 0 amide bonds. The average Bonchev–Trinajstić information content (AvgIpc) is 2.45. The lowest BCUT2D eigenvalue weighted by Gasteiger charge is -2.19. The number of carbonyl (C=O) groups excluding carboxylic acids is 1. The van der Waals surface area contributed by atoms with Crippen LogP contribution in [-0.2, 0) is 9.53 Å². The molecule has 3 nitrogen and oxygen atoms in total. The van der Waals surface area contributed by atoms with Crippen LogP contribution in [0.2, 0.25) is 0 Å². The Balaban J connectivity index is 2.25. The molecule has 2 rings (SSSR count). The number of hydrogen-bond donors (Lipinski definition) is 1. The first kappa shape index (κ1) is 14.1. The second kappa shape index (κ2) is 6.75. The lowest BCUT2D eigenvalue weighted by molar-refractivity contribution is -0.141. The van der Waals surface area contributed by atoms with Gasteiger partial charge in [0.25, 0.3) is 0 Å². The lowest BCUT2D eigenvalue weighted by Crippen LogP contribution is -2.09. The number of carbonyl (C=O) groups is 1. The molecule has 0 aliphatic rings. The zero-order valence-electron chi connectivity index (χ0n) is 11.6. The van der Waals surface area contributed by atoms with Crippen molar-refractivity contribution in [1.29, 1.82) is 0 Å². The molecule has 2 aromatic rings. The third-order valence-corrected chi connectivity index (χ3v) is 3.29. The molecule has 0 fully saturated rings. The van der Waals surface area contributed by atoms with Gasteiger partial charge in [0.15, 0.2) is 0 Å². The van der Waals surface area contributed by atoms with Crippen LogP contribution < -0.4 is 5.73 Å². The highest BCUT2D eigenvalue weighted by atomic mass is 16.5. The minimum absolute atomic E-state index is 0.136. The molecule has 0 aliphatic carbocycles. The molecular formula is C17H19NO2. The smallest absolute Gasteiger partial charge is 0.302 e. The second-order valence-electron chi connectivity index (χ2n) is 4.72. The molecule has 0 saturated carbocycles. The molecule has 3 heteroatoms. The quantitative estimate of drug-likeness (QED) is 0.669. The Morgan fingerprint density at radius 1 is 1.10 bits per heavy atom. The van der Waals surface area contributed by atoms with Crippen LogP contribution in [0.15, 0.2) is 54.6 Å². The van der Waals surface area contributed by atoms with E-state index < -0.39 is 0 Å². The second-order valence-corrected chi connectivity index (χ2v) is 4.72. The van der Waals surface area contributed by atoms with Gasteiger partial charge in [0.2, 0.25) is 0 Å². The van der Waals surface area contributed by atoms with Gasteiger partial charge in [0, 0.05) is 18.5 Å². The summed E-state index contributed by atoms with van der Waals surface area (Å²) >= 11 is 0. The lowest BCUT2D eigenvalue weighted by atomic mass is 9.88. The van der Waals surface area contributed by atoms with E-state index in [0.717, 1.165) is 17.7 Å². The van der Waals surface area contributed by atoms with Gasteiger partial charge in [-0.05, 0) is 23.6 Å². The number of rotatable bonds is 5. The minimum atomic E-state index is -0.252. The van der Waals surface area contributed by atoms with Crippen LogP contribution in [0.5, 0.6) is 0 Å². The van der Waals surface area contributed by atoms with Gasteiger partial charge in [-0.1, -0.05) is 48.5 Å². The van der Waals surface area contributed by atoms with Crippen molar-refractivity contribution < 1.29 is 9.53 Å². The molecule has 2 aromatic carbocycles. The highest BCUT2D eigenvalue weighted by molar-refractivity contribution is 5.65. The fourth-order valence-electron chi connectivity index (χ4n) is 2.34. The van der Waals surface area contributed by atoms with E-state index in [4.69, 9.17) is 10.5 Å². The SMILES string of the molecule is CC(=O)OCCC(c1ccccc1)c1ccccc1N. The molecule has 0 aromatic heterocycles. The molecule has 0 aliphatic heterocycles. The van der Waals surface area contributed by atoms with E-state index in [1.807, 2.05) is 42.5 Å². The Morgan fingerprint density at radius 2 is 1.75 bits per heavy atom. The molecular weight excluding hydrogens is 250 g/mol. The van der Waals surface area contributed by atoms with Gasteiger partial charge in [0.05, 0.1) is 6.61 Å². The predicted molar refractivity (Wildman–Crippen MR) is 80.4 cm³/mol. The molecule has 20 heavy (non-hydrogen) atoms. The van der Waals surface area contributed by atoms with Crippen LogP contribution in [0, 0.1) is 0 Å². The Labute approximate surface area is 119 Å². The standard InChI is InChI=1S/C17H19NO2/c1-13(19)20-12-11-15(14-7-3-2-4-8-14)16-9-5-6-10-17(16)18/h2-10,15H,11-12,18H2,1H3. The van der Waals surface area contributed by atoms with Crippen molar-refractivity contribution >= 4 is 11.7 Å². The number of para-hydroxylation sites is 1. The first-order valence-corrected chi connectivity index (χ1v) is 6.71. The number of esters is 1. The van der Waals surface area contributed by atoms with E-state index in [9.17, 15) is 4.79 Å². The van der Waals surface area contributed by atoms with Crippen LogP contribution in [0.3, 0.4) is 0 Å². The fraction of sp³-hybridized carbons (Fsp3) is 0.235. The highest BCUT2D eigenvalue weighted by Crippen LogP contribution is 2.31. The third-order valence-electron chi connectivity index (χ3n) is 3.29. The van der Waals surface area contributed by atoms with Crippen LogP contribution in [0.4, 0.5) is 5.69 Å². The molecule has 2 N–H and O–H groups in total. The summed E-state index contributed by atoms with van der Waals surface area (Å²) < 4.78 is 5.08. The Bertz CT molecular complexity index is 566. The van der Waals surface area contributed by atoms with E-state index in [1.165, 1.54) is 12.5 Å². The number of benzene rings is 2. The van der Waals surface area contributed by atoms with Gasteiger partial charge in [-0.25, -0.2) is 0 Å². The summed E-state index contributed by atoms with van der Waals surface area (Å²) in [6.07, 6.45) is 0.720. The van der Waals surface area contributed by atoms with Gasteiger partial charge >= 0.3 is 5.97 Å². The molecule has 1 atom stereocenters. The van der Waals surface area contributed by atoms with Crippen LogP contribution >= 0.6 is 0 Å². The maximum Gasteiger partial charge on any atom is 0.302 e. The van der Waals surface area contributed by atoms with Crippen molar-refractivity contribution in [2.75, 3.05) is 12.3 Å². The number of ether oxygens (including phenoxy) is 1. The van der Waals surface area contributed by atoms with E-state index in [0.29, 0.717) is 6.61 Å². The largest absolute Gasteiger partial charge is 0.466 e. The number of nitrogen functional groups attached to an aromatic ring is 1.